The summed E-state index contributed by atoms with van der Waals surface area (Å²) < 4.78 is 38.1. The standard InChI is InChI=1S/C11H7F3N2O4/c12-11(13,14)7-3-4-15-5-6(7)10(19)20-16-8(17)1-2-9(16)18/h3-5H,1-2H2. The summed E-state index contributed by atoms with van der Waals surface area (Å²) in [5, 5.41) is 0.176. The molecule has 6 nitrogen and oxygen atoms in total. The van der Waals surface area contributed by atoms with Gasteiger partial charge in [-0.25, -0.2) is 4.79 Å². The molecule has 9 heteroatoms. The molecule has 2 amide bonds. The molecule has 20 heavy (non-hydrogen) atoms. The number of hydrogen-bond donors (Lipinski definition) is 0. The molecule has 0 radical (unpaired) electrons. The van der Waals surface area contributed by atoms with E-state index in [0.29, 0.717) is 12.3 Å². The second-order valence-electron chi connectivity index (χ2n) is 3.88. The van der Waals surface area contributed by atoms with E-state index in [1.807, 2.05) is 0 Å². The number of nitrogens with zero attached hydrogens (tertiary/aromatic N) is 2. The van der Waals surface area contributed by atoms with E-state index >= 15 is 0 Å². The third-order valence-corrected chi connectivity index (χ3v) is 2.53. The van der Waals surface area contributed by atoms with Crippen LogP contribution in [0.3, 0.4) is 0 Å². The number of carbonyl (C=O) groups is 3. The van der Waals surface area contributed by atoms with E-state index in [4.69, 9.17) is 0 Å². The lowest BCUT2D eigenvalue weighted by Crippen LogP contribution is -2.32. The summed E-state index contributed by atoms with van der Waals surface area (Å²) in [6, 6.07) is 0.601. The summed E-state index contributed by atoms with van der Waals surface area (Å²) in [6.45, 7) is 0. The summed E-state index contributed by atoms with van der Waals surface area (Å²) in [5.74, 6) is -3.02. The van der Waals surface area contributed by atoms with Gasteiger partial charge in [-0.2, -0.15) is 13.2 Å². The van der Waals surface area contributed by atoms with Crippen LogP contribution in [-0.2, 0) is 20.6 Å². The van der Waals surface area contributed by atoms with Gasteiger partial charge in [0.15, 0.2) is 0 Å². The van der Waals surface area contributed by atoms with Crippen LogP contribution < -0.4 is 0 Å². The number of rotatable bonds is 2. The molecule has 0 bridgehead atoms. The predicted molar refractivity (Wildman–Crippen MR) is 55.7 cm³/mol. The van der Waals surface area contributed by atoms with Crippen LogP contribution in [0.2, 0.25) is 0 Å². The van der Waals surface area contributed by atoms with Crippen LogP contribution in [0.15, 0.2) is 18.5 Å². The van der Waals surface area contributed by atoms with Crippen molar-refractivity contribution in [3.8, 4) is 0 Å². The topological polar surface area (TPSA) is 76.6 Å². The molecule has 0 saturated carbocycles. The Balaban J connectivity index is 2.26. The molecule has 2 heterocycles. The highest BCUT2D eigenvalue weighted by Gasteiger charge is 2.38. The summed E-state index contributed by atoms with van der Waals surface area (Å²) in [5.41, 5.74) is -2.12. The zero-order valence-corrected chi connectivity index (χ0v) is 9.81. The summed E-state index contributed by atoms with van der Waals surface area (Å²) in [4.78, 5) is 41.9. The van der Waals surface area contributed by atoms with Crippen molar-refractivity contribution >= 4 is 17.8 Å². The smallest absolute Gasteiger partial charge is 0.325 e. The summed E-state index contributed by atoms with van der Waals surface area (Å²) >= 11 is 0. The maximum absolute atomic E-state index is 12.7. The molecular weight excluding hydrogens is 281 g/mol. The van der Waals surface area contributed by atoms with Crippen LogP contribution >= 0.6 is 0 Å². The van der Waals surface area contributed by atoms with Crippen molar-refractivity contribution in [2.45, 2.75) is 19.0 Å². The predicted octanol–water partition coefficient (Wildman–Crippen LogP) is 1.32. The maximum Gasteiger partial charge on any atom is 0.417 e. The lowest BCUT2D eigenvalue weighted by Gasteiger charge is -2.15. The van der Waals surface area contributed by atoms with Gasteiger partial charge in [0, 0.05) is 25.2 Å². The van der Waals surface area contributed by atoms with E-state index in [9.17, 15) is 27.6 Å². The maximum atomic E-state index is 12.7. The molecule has 0 atom stereocenters. The molecule has 1 aromatic rings. The Labute approximate surface area is 110 Å². The molecule has 1 saturated heterocycles. The first kappa shape index (κ1) is 14.0. The van der Waals surface area contributed by atoms with Gasteiger partial charge in [-0.1, -0.05) is 0 Å². The van der Waals surface area contributed by atoms with E-state index in [1.54, 1.807) is 0 Å². The average molecular weight is 288 g/mol. The summed E-state index contributed by atoms with van der Waals surface area (Å²) in [6.07, 6.45) is -3.55. The Morgan fingerprint density at radius 3 is 2.40 bits per heavy atom. The highest BCUT2D eigenvalue weighted by atomic mass is 19.4. The van der Waals surface area contributed by atoms with E-state index in [-0.39, 0.29) is 17.9 Å². The van der Waals surface area contributed by atoms with Gasteiger partial charge in [-0.3, -0.25) is 14.6 Å². The Bertz CT molecular complexity index is 569. The fourth-order valence-electron chi connectivity index (χ4n) is 1.59. The monoisotopic (exact) mass is 288 g/mol. The number of hydrogen-bond acceptors (Lipinski definition) is 5. The Morgan fingerprint density at radius 2 is 1.85 bits per heavy atom. The number of imide groups is 1. The first-order valence-electron chi connectivity index (χ1n) is 5.40. The van der Waals surface area contributed by atoms with Gasteiger partial charge in [-0.15, -0.1) is 5.06 Å². The van der Waals surface area contributed by atoms with Gasteiger partial charge >= 0.3 is 12.1 Å². The lowest BCUT2D eigenvalue weighted by molar-refractivity contribution is -0.172. The third-order valence-electron chi connectivity index (χ3n) is 2.53. The van der Waals surface area contributed by atoms with E-state index in [0.717, 1.165) is 6.20 Å². The number of pyridine rings is 1. The second kappa shape index (κ2) is 4.91. The molecule has 0 unspecified atom stereocenters. The third kappa shape index (κ3) is 2.60. The fourth-order valence-corrected chi connectivity index (χ4v) is 1.59. The molecule has 0 aromatic carbocycles. The number of aromatic nitrogens is 1. The number of hydroxylamine groups is 2. The highest BCUT2D eigenvalue weighted by molar-refractivity contribution is 6.02. The first-order valence-corrected chi connectivity index (χ1v) is 5.40. The molecule has 1 aliphatic rings. The largest absolute Gasteiger partial charge is 0.417 e. The molecule has 1 aliphatic heterocycles. The SMILES string of the molecule is O=C(ON1C(=O)CCC1=O)c1cnccc1C(F)(F)F. The number of amides is 2. The van der Waals surface area contributed by atoms with Gasteiger partial charge in [-0.05, 0) is 6.07 Å². The Hall–Kier alpha value is -2.45. The van der Waals surface area contributed by atoms with Crippen molar-refractivity contribution in [1.82, 2.24) is 10.0 Å². The van der Waals surface area contributed by atoms with E-state index in [2.05, 4.69) is 9.82 Å². The van der Waals surface area contributed by atoms with Crippen LogP contribution in [0.25, 0.3) is 0 Å². The number of halogens is 3. The van der Waals surface area contributed by atoms with Crippen LogP contribution in [-0.4, -0.2) is 27.8 Å². The molecule has 106 valence electrons. The second-order valence-corrected chi connectivity index (χ2v) is 3.88. The number of alkyl halides is 3. The minimum absolute atomic E-state index is 0.148. The van der Waals surface area contributed by atoms with Crippen LogP contribution in [0.4, 0.5) is 13.2 Å². The van der Waals surface area contributed by atoms with Crippen molar-refractivity contribution in [3.63, 3.8) is 0 Å². The van der Waals surface area contributed by atoms with Crippen molar-refractivity contribution < 1.29 is 32.4 Å². The van der Waals surface area contributed by atoms with Crippen LogP contribution in [0.1, 0.15) is 28.8 Å². The van der Waals surface area contributed by atoms with Gasteiger partial charge in [0.25, 0.3) is 11.8 Å². The molecule has 1 fully saturated rings. The van der Waals surface area contributed by atoms with Gasteiger partial charge in [0.05, 0.1) is 11.1 Å². The van der Waals surface area contributed by atoms with Crippen LogP contribution in [0, 0.1) is 0 Å². The molecule has 0 spiro atoms. The minimum atomic E-state index is -4.78. The van der Waals surface area contributed by atoms with E-state index in [1.165, 1.54) is 0 Å². The van der Waals surface area contributed by atoms with Crippen molar-refractivity contribution in [1.29, 1.82) is 0 Å². The average Bonchev–Trinajstić information content (AvgIpc) is 2.69. The zero-order valence-electron chi connectivity index (χ0n) is 9.81. The molecule has 0 aliphatic carbocycles. The molecule has 2 rings (SSSR count). The van der Waals surface area contributed by atoms with Crippen molar-refractivity contribution in [2.24, 2.45) is 0 Å². The number of carbonyl (C=O) groups excluding carboxylic acids is 3. The normalized spacial score (nSPS) is 15.7. The van der Waals surface area contributed by atoms with Gasteiger partial charge in [0.1, 0.15) is 0 Å². The summed E-state index contributed by atoms with van der Waals surface area (Å²) in [7, 11) is 0. The van der Waals surface area contributed by atoms with Crippen molar-refractivity contribution in [2.75, 3.05) is 0 Å². The van der Waals surface area contributed by atoms with Gasteiger partial charge in [0.2, 0.25) is 0 Å². The zero-order chi connectivity index (χ0) is 14.9. The Morgan fingerprint density at radius 1 is 1.25 bits per heavy atom. The molecule has 0 N–H and O–H groups in total. The fraction of sp³-hybridized carbons (Fsp3) is 0.273. The highest BCUT2D eigenvalue weighted by Crippen LogP contribution is 2.32. The Kier molecular flexibility index (Phi) is 3.43. The quantitative estimate of drug-likeness (QED) is 0.767. The first-order chi connectivity index (χ1) is 9.30. The van der Waals surface area contributed by atoms with Crippen LogP contribution in [0.5, 0.6) is 0 Å². The van der Waals surface area contributed by atoms with Crippen molar-refractivity contribution in [3.05, 3.63) is 29.6 Å². The molecule has 1 aromatic heterocycles. The molecular formula is C11H7F3N2O4. The van der Waals surface area contributed by atoms with E-state index < -0.39 is 35.1 Å². The van der Waals surface area contributed by atoms with Gasteiger partial charge < -0.3 is 4.84 Å². The minimum Gasteiger partial charge on any atom is -0.325 e. The lowest BCUT2D eigenvalue weighted by atomic mass is 10.1.